The molecule has 2 atom stereocenters. The number of hydrogen-bond acceptors (Lipinski definition) is 4. The van der Waals surface area contributed by atoms with E-state index in [-0.39, 0.29) is 11.5 Å². The number of sulfone groups is 1. The van der Waals surface area contributed by atoms with E-state index in [1.165, 1.54) is 22.3 Å². The van der Waals surface area contributed by atoms with Crippen LogP contribution < -0.4 is 5.32 Å². The van der Waals surface area contributed by atoms with E-state index in [1.54, 1.807) is 0 Å². The number of aliphatic hydroxyl groups excluding tert-OH is 1. The van der Waals surface area contributed by atoms with Crippen molar-refractivity contribution in [3.8, 4) is 11.1 Å². The Balaban J connectivity index is 1.60. The third-order valence-corrected chi connectivity index (χ3v) is 6.18. The molecule has 22 heavy (non-hydrogen) atoms. The minimum absolute atomic E-state index is 0.00846. The van der Waals surface area contributed by atoms with Crippen LogP contribution in [-0.2, 0) is 16.3 Å². The lowest BCUT2D eigenvalue weighted by molar-refractivity contribution is 0.190. The second-order valence-electron chi connectivity index (χ2n) is 6.10. The Labute approximate surface area is 129 Å². The number of hydrogen-bond donors (Lipinski definition) is 2. The highest BCUT2D eigenvalue weighted by Gasteiger charge is 2.36. The third kappa shape index (κ3) is 2.30. The van der Waals surface area contributed by atoms with E-state index in [4.69, 9.17) is 0 Å². The minimum atomic E-state index is -3.13. The first-order valence-corrected chi connectivity index (χ1v) is 9.20. The average molecular weight is 315 g/mol. The van der Waals surface area contributed by atoms with Gasteiger partial charge in [0.05, 0.1) is 23.7 Å². The lowest BCUT2D eigenvalue weighted by Gasteiger charge is -2.17. The fraction of sp³-hybridized carbons (Fsp3) is 0.294. The zero-order valence-corrected chi connectivity index (χ0v) is 12.8. The van der Waals surface area contributed by atoms with E-state index in [9.17, 15) is 13.5 Å². The number of fused-ring (bicyclic) bond motifs is 3. The molecule has 2 aromatic carbocycles. The maximum atomic E-state index is 11.6. The first-order valence-electron chi connectivity index (χ1n) is 7.38. The molecule has 0 saturated carbocycles. The molecule has 2 aromatic rings. The van der Waals surface area contributed by atoms with Gasteiger partial charge in [-0.15, -0.1) is 0 Å². The van der Waals surface area contributed by atoms with E-state index in [2.05, 4.69) is 29.6 Å². The molecule has 2 N–H and O–H groups in total. The number of rotatable bonds is 2. The van der Waals surface area contributed by atoms with Crippen LogP contribution in [0.2, 0.25) is 0 Å². The summed E-state index contributed by atoms with van der Waals surface area (Å²) in [4.78, 5) is 0. The fourth-order valence-corrected chi connectivity index (χ4v) is 5.16. The quantitative estimate of drug-likeness (QED) is 0.757. The van der Waals surface area contributed by atoms with Crippen molar-refractivity contribution in [1.82, 2.24) is 0 Å². The Bertz CT molecular complexity index is 845. The first-order chi connectivity index (χ1) is 10.5. The molecule has 4 nitrogen and oxygen atoms in total. The van der Waals surface area contributed by atoms with E-state index < -0.39 is 22.0 Å². The van der Waals surface area contributed by atoms with Crippen molar-refractivity contribution in [2.45, 2.75) is 18.6 Å². The summed E-state index contributed by atoms with van der Waals surface area (Å²) in [6, 6.07) is 14.0. The summed E-state index contributed by atoms with van der Waals surface area (Å²) in [6.45, 7) is 0. The van der Waals surface area contributed by atoms with Crippen molar-refractivity contribution in [2.24, 2.45) is 0 Å². The molecule has 1 aliphatic carbocycles. The SMILES string of the molecule is O=S1(=O)C[C@H](Nc2ccc3c(c2)Cc2ccccc2-3)[C@@H](O)C1. The molecule has 114 valence electrons. The van der Waals surface area contributed by atoms with Crippen LogP contribution in [0.15, 0.2) is 42.5 Å². The molecule has 0 bridgehead atoms. The third-order valence-electron chi connectivity index (χ3n) is 4.47. The minimum Gasteiger partial charge on any atom is -0.390 e. The van der Waals surface area contributed by atoms with Gasteiger partial charge in [0.2, 0.25) is 0 Å². The van der Waals surface area contributed by atoms with E-state index >= 15 is 0 Å². The van der Waals surface area contributed by atoms with Crippen molar-refractivity contribution in [2.75, 3.05) is 16.8 Å². The summed E-state index contributed by atoms with van der Waals surface area (Å²) in [5, 5.41) is 13.1. The second kappa shape index (κ2) is 4.83. The molecule has 4 rings (SSSR count). The standard InChI is InChI=1S/C17H17NO3S/c19-17-10-22(20,21)9-16(17)18-13-5-6-15-12(8-13)7-11-3-1-2-4-14(11)15/h1-6,8,16-19H,7,9-10H2/t16-,17-/m0/s1. The predicted molar refractivity (Wildman–Crippen MR) is 86.8 cm³/mol. The van der Waals surface area contributed by atoms with Crippen molar-refractivity contribution in [3.63, 3.8) is 0 Å². The van der Waals surface area contributed by atoms with Gasteiger partial charge >= 0.3 is 0 Å². The fourth-order valence-electron chi connectivity index (χ4n) is 3.42. The zero-order valence-electron chi connectivity index (χ0n) is 12.0. The maximum absolute atomic E-state index is 11.6. The summed E-state index contributed by atoms with van der Waals surface area (Å²) in [5.41, 5.74) is 5.93. The highest BCUT2D eigenvalue weighted by atomic mass is 32.2. The summed E-state index contributed by atoms with van der Waals surface area (Å²) < 4.78 is 23.2. The molecule has 1 saturated heterocycles. The Morgan fingerprint density at radius 2 is 1.77 bits per heavy atom. The van der Waals surface area contributed by atoms with Gasteiger partial charge < -0.3 is 10.4 Å². The Morgan fingerprint density at radius 3 is 2.55 bits per heavy atom. The van der Waals surface area contributed by atoms with Gasteiger partial charge in [-0.3, -0.25) is 0 Å². The van der Waals surface area contributed by atoms with Gasteiger partial charge in [0, 0.05) is 5.69 Å². The summed E-state index contributed by atoms with van der Waals surface area (Å²) in [5.74, 6) is -0.160. The molecule has 1 heterocycles. The second-order valence-corrected chi connectivity index (χ2v) is 8.25. The Kier molecular flexibility index (Phi) is 3.03. The summed E-state index contributed by atoms with van der Waals surface area (Å²) >= 11 is 0. The van der Waals surface area contributed by atoms with Crippen LogP contribution in [0.4, 0.5) is 5.69 Å². The number of aliphatic hydroxyl groups is 1. The molecule has 2 aliphatic rings. The highest BCUT2D eigenvalue weighted by molar-refractivity contribution is 7.91. The Hall–Kier alpha value is -1.85. The van der Waals surface area contributed by atoms with Crippen LogP contribution in [0.1, 0.15) is 11.1 Å². The topological polar surface area (TPSA) is 66.4 Å². The highest BCUT2D eigenvalue weighted by Crippen LogP contribution is 2.37. The van der Waals surface area contributed by atoms with Crippen molar-refractivity contribution in [3.05, 3.63) is 53.6 Å². The predicted octanol–water partition coefficient (Wildman–Crippen LogP) is 1.83. The van der Waals surface area contributed by atoms with Crippen LogP contribution in [0.5, 0.6) is 0 Å². The number of benzene rings is 2. The zero-order chi connectivity index (χ0) is 15.3. The molecule has 0 radical (unpaired) electrons. The van der Waals surface area contributed by atoms with Crippen LogP contribution in [0.3, 0.4) is 0 Å². The molecule has 0 spiro atoms. The average Bonchev–Trinajstić information content (AvgIpc) is 2.95. The smallest absolute Gasteiger partial charge is 0.155 e. The van der Waals surface area contributed by atoms with Gasteiger partial charge in [-0.25, -0.2) is 8.42 Å². The molecule has 1 fully saturated rings. The number of anilines is 1. The number of nitrogens with one attached hydrogen (secondary N) is 1. The lowest BCUT2D eigenvalue weighted by atomic mass is 10.1. The van der Waals surface area contributed by atoms with Crippen LogP contribution in [0, 0.1) is 0 Å². The van der Waals surface area contributed by atoms with Gasteiger partial charge in [0.1, 0.15) is 0 Å². The van der Waals surface area contributed by atoms with Gasteiger partial charge in [0.25, 0.3) is 0 Å². The molecule has 0 unspecified atom stereocenters. The molecular weight excluding hydrogens is 298 g/mol. The maximum Gasteiger partial charge on any atom is 0.155 e. The van der Waals surface area contributed by atoms with Crippen molar-refractivity contribution >= 4 is 15.5 Å². The van der Waals surface area contributed by atoms with Crippen LogP contribution in [-0.4, -0.2) is 37.2 Å². The largest absolute Gasteiger partial charge is 0.390 e. The normalized spacial score (nSPS) is 24.8. The van der Waals surface area contributed by atoms with Crippen LogP contribution in [0.25, 0.3) is 11.1 Å². The molecule has 1 aliphatic heterocycles. The van der Waals surface area contributed by atoms with Gasteiger partial charge in [-0.05, 0) is 40.8 Å². The van der Waals surface area contributed by atoms with Gasteiger partial charge in [-0.2, -0.15) is 0 Å². The summed E-state index contributed by atoms with van der Waals surface area (Å²) in [6.07, 6.45) is 0.0578. The molecule has 0 aromatic heterocycles. The van der Waals surface area contributed by atoms with Crippen molar-refractivity contribution in [1.29, 1.82) is 0 Å². The summed E-state index contributed by atoms with van der Waals surface area (Å²) in [7, 11) is -3.13. The molecule has 0 amide bonds. The van der Waals surface area contributed by atoms with Crippen LogP contribution >= 0.6 is 0 Å². The lowest BCUT2D eigenvalue weighted by Crippen LogP contribution is -2.31. The van der Waals surface area contributed by atoms with E-state index in [0.29, 0.717) is 0 Å². The van der Waals surface area contributed by atoms with Gasteiger partial charge in [-0.1, -0.05) is 30.3 Å². The van der Waals surface area contributed by atoms with E-state index in [0.717, 1.165) is 12.1 Å². The van der Waals surface area contributed by atoms with Gasteiger partial charge in [0.15, 0.2) is 9.84 Å². The van der Waals surface area contributed by atoms with Crippen molar-refractivity contribution < 1.29 is 13.5 Å². The Morgan fingerprint density at radius 1 is 1.00 bits per heavy atom. The van der Waals surface area contributed by atoms with E-state index in [1.807, 2.05) is 18.2 Å². The molecule has 5 heteroatoms. The molecular formula is C17H17NO3S. The first kappa shape index (κ1) is 13.8. The monoisotopic (exact) mass is 315 g/mol.